The summed E-state index contributed by atoms with van der Waals surface area (Å²) in [4.78, 5) is 23.6. The van der Waals surface area contributed by atoms with Crippen LogP contribution in [0.3, 0.4) is 0 Å². The standard InChI is InChI=1S/C15H15NO3S/c1-11(15(18)16-9-13-5-3-7-19-13)20-14-6-2-4-12(8-14)10-17/h2-8,10-11H,9H2,1H3,(H,16,18). The first-order valence-electron chi connectivity index (χ1n) is 6.21. The number of rotatable bonds is 6. The number of thioether (sulfide) groups is 1. The van der Waals surface area contributed by atoms with E-state index in [1.807, 2.05) is 19.1 Å². The molecule has 2 aromatic rings. The van der Waals surface area contributed by atoms with E-state index in [4.69, 9.17) is 4.42 Å². The summed E-state index contributed by atoms with van der Waals surface area (Å²) < 4.78 is 5.15. The Morgan fingerprint density at radius 3 is 2.95 bits per heavy atom. The van der Waals surface area contributed by atoms with Gasteiger partial charge in [-0.15, -0.1) is 11.8 Å². The molecule has 0 saturated heterocycles. The first-order chi connectivity index (χ1) is 9.69. The zero-order valence-electron chi connectivity index (χ0n) is 11.0. The number of carbonyl (C=O) groups excluding carboxylic acids is 2. The maximum Gasteiger partial charge on any atom is 0.233 e. The van der Waals surface area contributed by atoms with Crippen molar-refractivity contribution in [3.8, 4) is 0 Å². The molecule has 5 heteroatoms. The summed E-state index contributed by atoms with van der Waals surface area (Å²) in [5, 5.41) is 2.57. The van der Waals surface area contributed by atoms with E-state index in [-0.39, 0.29) is 11.2 Å². The maximum atomic E-state index is 12.0. The third-order valence-corrected chi connectivity index (χ3v) is 3.79. The van der Waals surface area contributed by atoms with Crippen LogP contribution >= 0.6 is 11.8 Å². The molecule has 1 atom stereocenters. The average Bonchev–Trinajstić information content (AvgIpc) is 2.98. The highest BCUT2D eigenvalue weighted by atomic mass is 32.2. The van der Waals surface area contributed by atoms with E-state index in [9.17, 15) is 9.59 Å². The lowest BCUT2D eigenvalue weighted by Gasteiger charge is -2.11. The molecule has 20 heavy (non-hydrogen) atoms. The minimum atomic E-state index is -0.244. The Labute approximate surface area is 121 Å². The highest BCUT2D eigenvalue weighted by molar-refractivity contribution is 8.00. The van der Waals surface area contributed by atoms with Gasteiger partial charge < -0.3 is 9.73 Å². The van der Waals surface area contributed by atoms with E-state index >= 15 is 0 Å². The van der Waals surface area contributed by atoms with Gasteiger partial charge in [-0.1, -0.05) is 12.1 Å². The number of nitrogens with one attached hydrogen (secondary N) is 1. The molecule has 4 nitrogen and oxygen atoms in total. The van der Waals surface area contributed by atoms with Crippen molar-refractivity contribution < 1.29 is 14.0 Å². The van der Waals surface area contributed by atoms with Gasteiger partial charge in [0.1, 0.15) is 12.0 Å². The van der Waals surface area contributed by atoms with Crippen molar-refractivity contribution in [3.05, 3.63) is 54.0 Å². The van der Waals surface area contributed by atoms with Gasteiger partial charge >= 0.3 is 0 Å². The van der Waals surface area contributed by atoms with Crippen LogP contribution in [0, 0.1) is 0 Å². The summed E-state index contributed by atoms with van der Waals surface area (Å²) >= 11 is 1.42. The lowest BCUT2D eigenvalue weighted by atomic mass is 10.2. The van der Waals surface area contributed by atoms with Crippen LogP contribution in [0.1, 0.15) is 23.0 Å². The predicted molar refractivity (Wildman–Crippen MR) is 77.7 cm³/mol. The molecule has 1 aromatic carbocycles. The Balaban J connectivity index is 1.88. The molecule has 0 spiro atoms. The highest BCUT2D eigenvalue weighted by Crippen LogP contribution is 2.23. The number of amides is 1. The van der Waals surface area contributed by atoms with Crippen molar-refractivity contribution in [3.63, 3.8) is 0 Å². The second-order valence-corrected chi connectivity index (χ2v) is 5.66. The lowest BCUT2D eigenvalue weighted by Crippen LogP contribution is -2.30. The molecule has 1 N–H and O–H groups in total. The first-order valence-corrected chi connectivity index (χ1v) is 7.09. The summed E-state index contributed by atoms with van der Waals surface area (Å²) in [5.41, 5.74) is 0.609. The summed E-state index contributed by atoms with van der Waals surface area (Å²) in [6.07, 6.45) is 2.37. The average molecular weight is 289 g/mol. The van der Waals surface area contributed by atoms with Gasteiger partial charge in [-0.25, -0.2) is 0 Å². The third-order valence-electron chi connectivity index (χ3n) is 2.69. The van der Waals surface area contributed by atoms with Crippen molar-refractivity contribution in [2.75, 3.05) is 0 Å². The van der Waals surface area contributed by atoms with Crippen LogP contribution in [0.5, 0.6) is 0 Å². The van der Waals surface area contributed by atoms with Crippen LogP contribution in [-0.4, -0.2) is 17.4 Å². The van der Waals surface area contributed by atoms with E-state index in [0.29, 0.717) is 12.1 Å². The highest BCUT2D eigenvalue weighted by Gasteiger charge is 2.14. The van der Waals surface area contributed by atoms with Gasteiger partial charge in [-0.3, -0.25) is 9.59 Å². The quantitative estimate of drug-likeness (QED) is 0.656. The second-order valence-electron chi connectivity index (χ2n) is 4.25. The molecule has 1 heterocycles. The Morgan fingerprint density at radius 2 is 2.25 bits per heavy atom. The molecule has 1 aromatic heterocycles. The maximum absolute atomic E-state index is 12.0. The molecule has 0 radical (unpaired) electrons. The Morgan fingerprint density at radius 1 is 1.40 bits per heavy atom. The third kappa shape index (κ3) is 3.99. The van der Waals surface area contributed by atoms with Crippen LogP contribution < -0.4 is 5.32 Å². The topological polar surface area (TPSA) is 59.3 Å². The smallest absolute Gasteiger partial charge is 0.233 e. The van der Waals surface area contributed by atoms with Crippen LogP contribution in [-0.2, 0) is 11.3 Å². The fraction of sp³-hybridized carbons (Fsp3) is 0.200. The largest absolute Gasteiger partial charge is 0.467 e. The van der Waals surface area contributed by atoms with Crippen LogP contribution in [0.15, 0.2) is 52.0 Å². The lowest BCUT2D eigenvalue weighted by molar-refractivity contribution is -0.120. The second kappa shape index (κ2) is 6.96. The van der Waals surface area contributed by atoms with Gasteiger partial charge in [0.2, 0.25) is 5.91 Å². The van der Waals surface area contributed by atoms with E-state index in [1.165, 1.54) is 11.8 Å². The van der Waals surface area contributed by atoms with Crippen LogP contribution in [0.4, 0.5) is 0 Å². The molecule has 1 amide bonds. The SMILES string of the molecule is CC(Sc1cccc(C=O)c1)C(=O)NCc1ccco1. The van der Waals surface area contributed by atoms with Gasteiger partial charge in [0.15, 0.2) is 0 Å². The van der Waals surface area contributed by atoms with E-state index in [2.05, 4.69) is 5.32 Å². The number of furan rings is 1. The van der Waals surface area contributed by atoms with Crippen molar-refractivity contribution >= 4 is 24.0 Å². The zero-order chi connectivity index (χ0) is 14.4. The van der Waals surface area contributed by atoms with Crippen LogP contribution in [0.2, 0.25) is 0 Å². The monoisotopic (exact) mass is 289 g/mol. The Bertz CT molecular complexity index is 581. The van der Waals surface area contributed by atoms with Gasteiger partial charge in [-0.2, -0.15) is 0 Å². The van der Waals surface area contributed by atoms with Crippen molar-refractivity contribution in [1.82, 2.24) is 5.32 Å². The number of hydrogen-bond donors (Lipinski definition) is 1. The van der Waals surface area contributed by atoms with E-state index < -0.39 is 0 Å². The number of aldehydes is 1. The Kier molecular flexibility index (Phi) is 5.01. The van der Waals surface area contributed by atoms with Gasteiger partial charge in [0.05, 0.1) is 18.1 Å². The normalized spacial score (nSPS) is 11.8. The summed E-state index contributed by atoms with van der Waals surface area (Å²) in [5.74, 6) is 0.654. The van der Waals surface area contributed by atoms with Gasteiger partial charge in [0, 0.05) is 10.5 Å². The predicted octanol–water partition coefficient (Wildman–Crippen LogP) is 2.89. The number of carbonyl (C=O) groups is 2. The van der Waals surface area contributed by atoms with Gasteiger partial charge in [-0.05, 0) is 31.2 Å². The number of benzene rings is 1. The van der Waals surface area contributed by atoms with E-state index in [0.717, 1.165) is 16.9 Å². The van der Waals surface area contributed by atoms with Crippen molar-refractivity contribution in [2.24, 2.45) is 0 Å². The van der Waals surface area contributed by atoms with E-state index in [1.54, 1.807) is 30.5 Å². The molecule has 0 aliphatic heterocycles. The molecule has 104 valence electrons. The fourth-order valence-electron chi connectivity index (χ4n) is 1.65. The minimum absolute atomic E-state index is 0.0668. The fourth-order valence-corrected chi connectivity index (χ4v) is 2.61. The summed E-state index contributed by atoms with van der Waals surface area (Å²) in [6.45, 7) is 2.21. The Hall–Kier alpha value is -2.01. The summed E-state index contributed by atoms with van der Waals surface area (Å²) in [6, 6.07) is 10.8. The summed E-state index contributed by atoms with van der Waals surface area (Å²) in [7, 11) is 0. The van der Waals surface area contributed by atoms with Crippen molar-refractivity contribution in [2.45, 2.75) is 23.6 Å². The molecule has 0 aliphatic rings. The van der Waals surface area contributed by atoms with Crippen LogP contribution in [0.25, 0.3) is 0 Å². The number of hydrogen-bond acceptors (Lipinski definition) is 4. The molecule has 0 fully saturated rings. The van der Waals surface area contributed by atoms with Crippen molar-refractivity contribution in [1.29, 1.82) is 0 Å². The molecule has 2 rings (SSSR count). The zero-order valence-corrected chi connectivity index (χ0v) is 11.9. The molecule has 0 bridgehead atoms. The first kappa shape index (κ1) is 14.4. The molecular weight excluding hydrogens is 274 g/mol. The molecular formula is C15H15NO3S. The molecule has 0 saturated carbocycles. The van der Waals surface area contributed by atoms with Gasteiger partial charge in [0.25, 0.3) is 0 Å². The molecule has 0 aliphatic carbocycles. The molecule has 1 unspecified atom stereocenters. The minimum Gasteiger partial charge on any atom is -0.467 e.